The number of amides is 2. The van der Waals surface area contributed by atoms with Crippen LogP contribution in [0.1, 0.15) is 106 Å². The van der Waals surface area contributed by atoms with Crippen LogP contribution in [0.4, 0.5) is 11.4 Å². The number of carbonyl (C=O) groups is 2. The predicted octanol–water partition coefficient (Wildman–Crippen LogP) is 7.89. The smallest absolute Gasteiger partial charge is 0.274 e. The van der Waals surface area contributed by atoms with Crippen LogP contribution in [0.5, 0.6) is 0 Å². The lowest BCUT2D eigenvalue weighted by molar-refractivity contribution is 0.101. The first kappa shape index (κ1) is 33.1. The van der Waals surface area contributed by atoms with E-state index in [9.17, 15) is 9.59 Å². The highest BCUT2D eigenvalue weighted by molar-refractivity contribution is 6.05. The molecule has 1 saturated heterocycles. The van der Waals surface area contributed by atoms with Crippen molar-refractivity contribution in [3.63, 3.8) is 0 Å². The van der Waals surface area contributed by atoms with Crippen LogP contribution in [-0.2, 0) is 19.5 Å². The summed E-state index contributed by atoms with van der Waals surface area (Å²) in [5.41, 5.74) is 11.2. The summed E-state index contributed by atoms with van der Waals surface area (Å²) in [6.07, 6.45) is 10.9. The highest BCUT2D eigenvalue weighted by Crippen LogP contribution is 2.42. The SMILES string of the molecule is Cc1c(NC(=O)c2cc3c(cn2)CN(C(C)C)CC3)cccc1-c1cccc(NC(=O)c2cc(C3CC3)c(CN3CCCCC3)cn2)c1C. The van der Waals surface area contributed by atoms with Crippen molar-refractivity contribution in [2.45, 2.75) is 91.3 Å². The molecule has 2 N–H and O–H groups in total. The van der Waals surface area contributed by atoms with Crippen LogP contribution in [-0.4, -0.2) is 57.3 Å². The Labute approximate surface area is 290 Å². The van der Waals surface area contributed by atoms with Crippen molar-refractivity contribution in [1.29, 1.82) is 0 Å². The number of hydrogen-bond acceptors (Lipinski definition) is 6. The Morgan fingerprint density at radius 2 is 1.41 bits per heavy atom. The van der Waals surface area contributed by atoms with Gasteiger partial charge in [-0.2, -0.15) is 0 Å². The second-order valence-corrected chi connectivity index (χ2v) is 14.4. The van der Waals surface area contributed by atoms with E-state index < -0.39 is 0 Å². The normalized spacial score (nSPS) is 16.8. The molecule has 1 aliphatic carbocycles. The van der Waals surface area contributed by atoms with Gasteiger partial charge in [-0.1, -0.05) is 30.7 Å². The fraction of sp³-hybridized carbons (Fsp3) is 0.415. The summed E-state index contributed by atoms with van der Waals surface area (Å²) in [4.78, 5) is 41.1. The van der Waals surface area contributed by atoms with Crippen LogP contribution in [0.25, 0.3) is 11.1 Å². The Morgan fingerprint density at radius 3 is 2.02 bits per heavy atom. The maximum Gasteiger partial charge on any atom is 0.274 e. The molecular formula is C41H48N6O2. The Bertz CT molecular complexity index is 1870. The van der Waals surface area contributed by atoms with Crippen LogP contribution in [0.15, 0.2) is 60.9 Å². The summed E-state index contributed by atoms with van der Waals surface area (Å²) in [5.74, 6) is 0.125. The molecule has 2 aromatic carbocycles. The standard InChI is InChI=1S/C41H48N6O2/c1-26(2)47-19-16-30-20-38(42-22-31(30)25-47)40(48)44-36-12-8-10-33(27(36)3)34-11-9-13-37(28(34)4)45-41(49)39-21-35(29-14-15-29)32(23-43-39)24-46-17-6-5-7-18-46/h8-13,20-23,26,29H,5-7,14-19,24-25H2,1-4H3,(H,44,48)(H,45,49). The molecule has 0 atom stereocenters. The molecule has 2 aliphatic heterocycles. The van der Waals surface area contributed by atoms with Crippen molar-refractivity contribution in [3.8, 4) is 11.1 Å². The van der Waals surface area contributed by atoms with Gasteiger partial charge in [0.1, 0.15) is 11.4 Å². The number of carbonyl (C=O) groups excluding carboxylic acids is 2. The predicted molar refractivity (Wildman–Crippen MR) is 196 cm³/mol. The lowest BCUT2D eigenvalue weighted by Gasteiger charge is -2.31. The minimum Gasteiger partial charge on any atom is -0.320 e. The van der Waals surface area contributed by atoms with E-state index in [2.05, 4.69) is 56.4 Å². The molecule has 8 heteroatoms. The van der Waals surface area contributed by atoms with Gasteiger partial charge in [-0.15, -0.1) is 0 Å². The lowest BCUT2D eigenvalue weighted by Crippen LogP contribution is -2.36. The first-order chi connectivity index (χ1) is 23.7. The number of rotatable bonds is 9. The van der Waals surface area contributed by atoms with Crippen LogP contribution in [0.3, 0.4) is 0 Å². The quantitative estimate of drug-likeness (QED) is 0.190. The zero-order valence-electron chi connectivity index (χ0n) is 29.3. The van der Waals surface area contributed by atoms with Gasteiger partial charge in [-0.25, -0.2) is 0 Å². The summed E-state index contributed by atoms with van der Waals surface area (Å²) < 4.78 is 0. The van der Waals surface area contributed by atoms with Gasteiger partial charge in [0.2, 0.25) is 0 Å². The topological polar surface area (TPSA) is 90.5 Å². The van der Waals surface area contributed by atoms with Crippen molar-refractivity contribution in [2.75, 3.05) is 30.3 Å². The first-order valence-corrected chi connectivity index (χ1v) is 18.0. The summed E-state index contributed by atoms with van der Waals surface area (Å²) in [5, 5.41) is 6.27. The van der Waals surface area contributed by atoms with E-state index in [4.69, 9.17) is 0 Å². The number of likely N-dealkylation sites (tertiary alicyclic amines) is 1. The maximum absolute atomic E-state index is 13.6. The molecule has 4 heterocycles. The Hall–Kier alpha value is -4.40. The minimum absolute atomic E-state index is 0.195. The van der Waals surface area contributed by atoms with Gasteiger partial charge in [-0.3, -0.25) is 29.4 Å². The number of piperidine rings is 1. The van der Waals surface area contributed by atoms with Crippen molar-refractivity contribution in [1.82, 2.24) is 19.8 Å². The molecule has 7 rings (SSSR count). The number of nitrogens with zero attached hydrogens (tertiary/aromatic N) is 4. The molecule has 1 saturated carbocycles. The molecule has 2 aromatic heterocycles. The first-order valence-electron chi connectivity index (χ1n) is 18.0. The Morgan fingerprint density at radius 1 is 0.796 bits per heavy atom. The van der Waals surface area contributed by atoms with Crippen LogP contribution in [0, 0.1) is 13.8 Å². The number of benzene rings is 2. The van der Waals surface area contributed by atoms with Crippen molar-refractivity contribution < 1.29 is 9.59 Å². The van der Waals surface area contributed by atoms with Gasteiger partial charge < -0.3 is 10.6 Å². The number of anilines is 2. The molecule has 0 spiro atoms. The summed E-state index contributed by atoms with van der Waals surface area (Å²) in [6, 6.07) is 16.4. The van der Waals surface area contributed by atoms with Crippen molar-refractivity contribution >= 4 is 23.2 Å². The Balaban J connectivity index is 1.07. The average Bonchev–Trinajstić information content (AvgIpc) is 3.96. The van der Waals surface area contributed by atoms with Gasteiger partial charge in [0, 0.05) is 49.4 Å². The van der Waals surface area contributed by atoms with E-state index >= 15 is 0 Å². The number of pyridine rings is 2. The highest BCUT2D eigenvalue weighted by Gasteiger charge is 2.28. The van der Waals surface area contributed by atoms with E-state index in [1.165, 1.54) is 54.4 Å². The van der Waals surface area contributed by atoms with E-state index in [0.29, 0.717) is 23.3 Å². The lowest BCUT2D eigenvalue weighted by atomic mass is 9.94. The molecule has 49 heavy (non-hydrogen) atoms. The third-order valence-corrected chi connectivity index (χ3v) is 10.7. The summed E-state index contributed by atoms with van der Waals surface area (Å²) in [7, 11) is 0. The number of nitrogens with one attached hydrogen (secondary N) is 2. The molecule has 8 nitrogen and oxygen atoms in total. The molecular weight excluding hydrogens is 608 g/mol. The number of hydrogen-bond donors (Lipinski definition) is 2. The van der Waals surface area contributed by atoms with Gasteiger partial charge >= 0.3 is 0 Å². The average molecular weight is 657 g/mol. The molecule has 2 fully saturated rings. The van der Waals surface area contributed by atoms with Gasteiger partial charge in [0.05, 0.1) is 0 Å². The number of fused-ring (bicyclic) bond motifs is 1. The fourth-order valence-electron chi connectivity index (χ4n) is 7.41. The monoisotopic (exact) mass is 656 g/mol. The Kier molecular flexibility index (Phi) is 9.61. The second kappa shape index (κ2) is 14.2. The van der Waals surface area contributed by atoms with E-state index in [-0.39, 0.29) is 11.8 Å². The minimum atomic E-state index is -0.216. The zero-order valence-corrected chi connectivity index (χ0v) is 29.3. The molecule has 4 aromatic rings. The molecule has 254 valence electrons. The van der Waals surface area contributed by atoms with E-state index in [0.717, 1.165) is 72.8 Å². The van der Waals surface area contributed by atoms with Crippen LogP contribution < -0.4 is 10.6 Å². The molecule has 0 radical (unpaired) electrons. The van der Waals surface area contributed by atoms with Crippen molar-refractivity contribution in [3.05, 3.63) is 106 Å². The second-order valence-electron chi connectivity index (χ2n) is 14.4. The largest absolute Gasteiger partial charge is 0.320 e. The van der Waals surface area contributed by atoms with Gasteiger partial charge in [0.15, 0.2) is 0 Å². The van der Waals surface area contributed by atoms with E-state index in [1.54, 1.807) is 0 Å². The van der Waals surface area contributed by atoms with Gasteiger partial charge in [-0.05, 0) is 148 Å². The maximum atomic E-state index is 13.6. The van der Waals surface area contributed by atoms with Crippen LogP contribution in [0.2, 0.25) is 0 Å². The summed E-state index contributed by atoms with van der Waals surface area (Å²) >= 11 is 0. The van der Waals surface area contributed by atoms with Gasteiger partial charge in [0.25, 0.3) is 11.8 Å². The molecule has 2 amide bonds. The van der Waals surface area contributed by atoms with Crippen LogP contribution >= 0.6 is 0 Å². The highest BCUT2D eigenvalue weighted by atomic mass is 16.2. The third-order valence-electron chi connectivity index (χ3n) is 10.7. The number of aromatic nitrogens is 2. The third kappa shape index (κ3) is 7.31. The molecule has 0 unspecified atom stereocenters. The summed E-state index contributed by atoms with van der Waals surface area (Å²) in [6.45, 7) is 13.5. The molecule has 0 bridgehead atoms. The fourth-order valence-corrected chi connectivity index (χ4v) is 7.41. The van der Waals surface area contributed by atoms with E-state index in [1.807, 2.05) is 62.6 Å². The zero-order chi connectivity index (χ0) is 34.1. The van der Waals surface area contributed by atoms with Crippen molar-refractivity contribution in [2.24, 2.45) is 0 Å². The molecule has 3 aliphatic rings.